The number of rotatable bonds is 1. The monoisotopic (exact) mass is 243 g/mol. The quantitative estimate of drug-likeness (QED) is 0.310. The van der Waals surface area contributed by atoms with E-state index in [2.05, 4.69) is 4.74 Å². The Balaban J connectivity index is 0.00000144. The summed E-state index contributed by atoms with van der Waals surface area (Å²) in [5.74, 6) is 0. The van der Waals surface area contributed by atoms with Gasteiger partial charge < -0.3 is 30.3 Å². The number of aliphatic hydroxyl groups excluding tert-OH is 5. The van der Waals surface area contributed by atoms with Crippen molar-refractivity contribution in [3.8, 4) is 0 Å². The molecule has 0 aromatic carbocycles. The van der Waals surface area contributed by atoms with Gasteiger partial charge in [0.05, 0.1) is 6.61 Å². The maximum Gasteiger partial charge on any atom is 0.184 e. The van der Waals surface area contributed by atoms with E-state index in [1.807, 2.05) is 0 Å². The van der Waals surface area contributed by atoms with Gasteiger partial charge in [0, 0.05) is 17.1 Å². The average molecular weight is 244 g/mol. The van der Waals surface area contributed by atoms with Crippen LogP contribution in [0.1, 0.15) is 0 Å². The van der Waals surface area contributed by atoms with Crippen LogP contribution < -0.4 is 0 Å². The molecule has 1 unspecified atom stereocenters. The van der Waals surface area contributed by atoms with Crippen LogP contribution >= 0.6 is 0 Å². The summed E-state index contributed by atoms with van der Waals surface area (Å²) >= 11 is 0. The van der Waals surface area contributed by atoms with Crippen molar-refractivity contribution in [2.24, 2.45) is 0 Å². The Morgan fingerprint density at radius 3 is 1.92 bits per heavy atom. The fourth-order valence-electron chi connectivity index (χ4n) is 1.08. The summed E-state index contributed by atoms with van der Waals surface area (Å²) in [5, 5.41) is 44.7. The van der Waals surface area contributed by atoms with E-state index in [1.165, 1.54) is 0 Å². The van der Waals surface area contributed by atoms with E-state index in [0.717, 1.165) is 0 Å². The summed E-state index contributed by atoms with van der Waals surface area (Å²) in [6, 6.07) is 0. The maximum atomic E-state index is 9.12. The summed E-state index contributed by atoms with van der Waals surface area (Å²) in [4.78, 5) is 0. The molecule has 0 saturated carbocycles. The summed E-state index contributed by atoms with van der Waals surface area (Å²) in [7, 11) is 0. The molecule has 7 heteroatoms. The molecule has 1 saturated heterocycles. The molecule has 5 N–H and O–H groups in total. The van der Waals surface area contributed by atoms with E-state index in [0.29, 0.717) is 0 Å². The van der Waals surface area contributed by atoms with E-state index >= 15 is 0 Å². The van der Waals surface area contributed by atoms with Gasteiger partial charge >= 0.3 is 0 Å². The van der Waals surface area contributed by atoms with E-state index in [-0.39, 0.29) is 17.1 Å². The van der Waals surface area contributed by atoms with Crippen molar-refractivity contribution in [2.45, 2.75) is 30.7 Å². The van der Waals surface area contributed by atoms with Gasteiger partial charge in [-0.05, 0) is 0 Å². The summed E-state index contributed by atoms with van der Waals surface area (Å²) in [5.41, 5.74) is 0. The zero-order valence-electron chi connectivity index (χ0n) is 6.54. The van der Waals surface area contributed by atoms with E-state index in [4.69, 9.17) is 25.5 Å². The number of hydrogen-bond acceptors (Lipinski definition) is 6. The van der Waals surface area contributed by atoms with Crippen molar-refractivity contribution in [1.29, 1.82) is 0 Å². The Kier molecular flexibility index (Phi) is 5.34. The molecular weight excluding hydrogens is 232 g/mol. The van der Waals surface area contributed by atoms with Crippen molar-refractivity contribution >= 4 is 0 Å². The molecule has 83 valence electrons. The van der Waals surface area contributed by atoms with Crippen molar-refractivity contribution in [3.05, 3.63) is 0 Å². The minimum absolute atomic E-state index is 0. The van der Waals surface area contributed by atoms with Gasteiger partial charge in [0.25, 0.3) is 0 Å². The predicted octanol–water partition coefficient (Wildman–Crippen LogP) is -3.22. The number of hydrogen-bond donors (Lipinski definition) is 5. The predicted molar refractivity (Wildman–Crippen MR) is 36.0 cm³/mol. The Morgan fingerprint density at radius 1 is 0.923 bits per heavy atom. The molecule has 0 aliphatic carbocycles. The first-order chi connectivity index (χ1) is 5.57. The van der Waals surface area contributed by atoms with Gasteiger partial charge in [0.1, 0.15) is 24.4 Å². The van der Waals surface area contributed by atoms with Crippen LogP contribution in [0.4, 0.5) is 0 Å². The van der Waals surface area contributed by atoms with Crippen molar-refractivity contribution in [2.75, 3.05) is 6.61 Å². The normalized spacial score (nSPS) is 45.5. The van der Waals surface area contributed by atoms with Crippen LogP contribution in [0.2, 0.25) is 0 Å². The molecule has 0 aromatic heterocycles. The molecule has 0 bridgehead atoms. The summed E-state index contributed by atoms with van der Waals surface area (Å²) < 4.78 is 4.58. The van der Waals surface area contributed by atoms with Crippen molar-refractivity contribution in [1.82, 2.24) is 0 Å². The minimum atomic E-state index is -1.57. The zero-order chi connectivity index (χ0) is 9.30. The molecule has 5 atom stereocenters. The molecule has 0 amide bonds. The molecule has 1 radical (unpaired) electrons. The molecule has 1 rings (SSSR count). The molecule has 1 aliphatic heterocycles. The van der Waals surface area contributed by atoms with Gasteiger partial charge in [-0.3, -0.25) is 0 Å². The first-order valence-corrected chi connectivity index (χ1v) is 3.56. The summed E-state index contributed by atoms with van der Waals surface area (Å²) in [6.07, 6.45) is -7.04. The van der Waals surface area contributed by atoms with E-state index in [9.17, 15) is 0 Å². The third-order valence-corrected chi connectivity index (χ3v) is 1.87. The Morgan fingerprint density at radius 2 is 1.46 bits per heavy atom. The molecule has 13 heavy (non-hydrogen) atoms. The maximum absolute atomic E-state index is 9.12. The Bertz CT molecular complexity index is 151. The average Bonchev–Trinajstić information content (AvgIpc) is 2.08. The second-order valence-corrected chi connectivity index (χ2v) is 2.72. The fraction of sp³-hybridized carbons (Fsp3) is 1.00. The van der Waals surface area contributed by atoms with Gasteiger partial charge in [-0.25, -0.2) is 0 Å². The van der Waals surface area contributed by atoms with Crippen LogP contribution in [-0.4, -0.2) is 62.8 Å². The van der Waals surface area contributed by atoms with Crippen LogP contribution in [0.15, 0.2) is 0 Å². The third kappa shape index (κ3) is 2.61. The molecule has 6 nitrogen and oxygen atoms in total. The Hall–Kier alpha value is 0.279. The topological polar surface area (TPSA) is 110 Å². The molecule has 1 aliphatic rings. The van der Waals surface area contributed by atoms with E-state index < -0.39 is 37.3 Å². The van der Waals surface area contributed by atoms with Crippen LogP contribution in [0, 0.1) is 0 Å². The zero-order valence-corrected chi connectivity index (χ0v) is 7.48. The Labute approximate surface area is 85.2 Å². The van der Waals surface area contributed by atoms with Crippen LogP contribution in [0.5, 0.6) is 0 Å². The van der Waals surface area contributed by atoms with Crippen molar-refractivity contribution < 1.29 is 47.3 Å². The van der Waals surface area contributed by atoms with Crippen molar-refractivity contribution in [3.63, 3.8) is 0 Å². The van der Waals surface area contributed by atoms with Gasteiger partial charge in [0.15, 0.2) is 6.29 Å². The molecular formula is C6H12CuO6. The molecule has 0 spiro atoms. The smallest absolute Gasteiger partial charge is 0.184 e. The molecule has 1 heterocycles. The first-order valence-electron chi connectivity index (χ1n) is 3.56. The first kappa shape index (κ1) is 13.3. The van der Waals surface area contributed by atoms with Crippen LogP contribution in [0.25, 0.3) is 0 Å². The third-order valence-electron chi connectivity index (χ3n) is 1.87. The van der Waals surface area contributed by atoms with Crippen LogP contribution in [-0.2, 0) is 21.8 Å². The second kappa shape index (κ2) is 5.23. The molecule has 0 aromatic rings. The SMILES string of the molecule is OC[C@H]1OC(O)[C@H](O)[C@@H](O)[C@@H]1O.[Cu]. The van der Waals surface area contributed by atoms with Gasteiger partial charge in [-0.15, -0.1) is 0 Å². The fourth-order valence-corrected chi connectivity index (χ4v) is 1.08. The second-order valence-electron chi connectivity index (χ2n) is 2.72. The number of ether oxygens (including phenoxy) is 1. The van der Waals surface area contributed by atoms with E-state index in [1.54, 1.807) is 0 Å². The van der Waals surface area contributed by atoms with Gasteiger partial charge in [-0.2, -0.15) is 0 Å². The van der Waals surface area contributed by atoms with Gasteiger partial charge in [-0.1, -0.05) is 0 Å². The van der Waals surface area contributed by atoms with Gasteiger partial charge in [0.2, 0.25) is 0 Å². The van der Waals surface area contributed by atoms with Crippen LogP contribution in [0.3, 0.4) is 0 Å². The summed E-state index contributed by atoms with van der Waals surface area (Å²) in [6.45, 7) is -0.526. The largest absolute Gasteiger partial charge is 0.394 e. The molecule has 1 fully saturated rings. The number of aliphatic hydroxyl groups is 5. The minimum Gasteiger partial charge on any atom is -0.394 e. The standard InChI is InChI=1S/C6H12O6.Cu/c7-1-2-3(8)4(9)5(10)6(11)12-2;/h2-11H,1H2;/t2-,3-,4+,5-,6?;/m1./s1.